The van der Waals surface area contributed by atoms with Gasteiger partial charge in [-0.1, -0.05) is 12.1 Å². The largest absolute Gasteiger partial charge is 0.226 e. The third-order valence-electron chi connectivity index (χ3n) is 5.39. The zero-order valence-corrected chi connectivity index (χ0v) is 16.6. The van der Waals surface area contributed by atoms with E-state index in [0.717, 1.165) is 43.7 Å². The van der Waals surface area contributed by atoms with Crippen molar-refractivity contribution in [1.82, 2.24) is 0 Å². The van der Waals surface area contributed by atoms with Crippen molar-refractivity contribution in [3.63, 3.8) is 0 Å². The first-order valence-corrected chi connectivity index (χ1v) is 10.0. The van der Waals surface area contributed by atoms with E-state index in [2.05, 4.69) is 20.0 Å². The van der Waals surface area contributed by atoms with Crippen LogP contribution in [0.25, 0.3) is 0 Å². The molecule has 152 valence electrons. The van der Waals surface area contributed by atoms with E-state index in [1.54, 1.807) is 24.3 Å². The van der Waals surface area contributed by atoms with Crippen LogP contribution in [0.1, 0.15) is 11.1 Å². The maximum atomic E-state index is 13.2. The maximum Gasteiger partial charge on any atom is 0.160 e. The number of hydrogen-bond donors (Lipinski definition) is 0. The van der Waals surface area contributed by atoms with Crippen LogP contribution in [-0.2, 0) is 0 Å². The van der Waals surface area contributed by atoms with Gasteiger partial charge >= 0.3 is 0 Å². The van der Waals surface area contributed by atoms with E-state index in [1.165, 1.54) is 24.3 Å². The van der Waals surface area contributed by atoms with Crippen molar-refractivity contribution in [2.45, 2.75) is 0 Å². The number of rotatable bonds is 2. The lowest BCUT2D eigenvalue weighted by Crippen LogP contribution is -2.01. The lowest BCUT2D eigenvalue weighted by atomic mass is 10.2. The summed E-state index contributed by atoms with van der Waals surface area (Å²) in [6.45, 7) is 0. The van der Waals surface area contributed by atoms with Crippen LogP contribution in [0.15, 0.2) is 105 Å². The van der Waals surface area contributed by atoms with Gasteiger partial charge in [0.2, 0.25) is 0 Å². The molecular weight excluding hydrogens is 406 g/mol. The van der Waals surface area contributed by atoms with Crippen molar-refractivity contribution in [3.8, 4) is 0 Å². The molecule has 0 aromatic heterocycles. The Morgan fingerprint density at radius 1 is 0.438 bits per heavy atom. The van der Waals surface area contributed by atoms with Crippen molar-refractivity contribution in [1.29, 1.82) is 0 Å². The van der Waals surface area contributed by atoms with Gasteiger partial charge in [-0.25, -0.2) is 28.8 Å². The number of hydrogen-bond acceptors (Lipinski definition) is 4. The summed E-state index contributed by atoms with van der Waals surface area (Å²) >= 11 is 0. The molecule has 0 saturated heterocycles. The van der Waals surface area contributed by atoms with Crippen LogP contribution in [0.5, 0.6) is 0 Å². The smallest absolute Gasteiger partial charge is 0.160 e. The molecule has 0 unspecified atom stereocenters. The van der Waals surface area contributed by atoms with Crippen molar-refractivity contribution >= 4 is 23.0 Å². The highest BCUT2D eigenvalue weighted by Crippen LogP contribution is 2.19. The minimum Gasteiger partial charge on any atom is -0.226 e. The molecule has 0 radical (unpaired) electrons. The fourth-order valence-corrected chi connectivity index (χ4v) is 3.74. The van der Waals surface area contributed by atoms with Gasteiger partial charge in [-0.3, -0.25) is 0 Å². The standard InChI is InChI=1S/C26H14F2N4/c27-19-7-1-15(2-8-19)25-29-21-11-5-17(13-23(21)31-25)18-6-12-22-24(14-18)32-26(30-22)16-3-9-20(28)10-4-16/h1-14H. The van der Waals surface area contributed by atoms with E-state index in [9.17, 15) is 8.78 Å². The highest BCUT2D eigenvalue weighted by atomic mass is 19.1. The molecule has 4 aromatic rings. The van der Waals surface area contributed by atoms with E-state index in [-0.39, 0.29) is 11.6 Å². The fraction of sp³-hybridized carbons (Fsp3) is 0. The number of halogens is 2. The second kappa shape index (κ2) is 7.13. The first kappa shape index (κ1) is 18.4. The molecule has 0 aliphatic carbocycles. The van der Waals surface area contributed by atoms with Gasteiger partial charge in [-0.2, -0.15) is 0 Å². The molecule has 32 heavy (non-hydrogen) atoms. The zero-order chi connectivity index (χ0) is 21.7. The van der Waals surface area contributed by atoms with E-state index >= 15 is 0 Å². The Kier molecular flexibility index (Phi) is 4.11. The number of fused-ring (bicyclic) bond motifs is 2. The van der Waals surface area contributed by atoms with E-state index in [4.69, 9.17) is 0 Å². The van der Waals surface area contributed by atoms with Crippen molar-refractivity contribution < 1.29 is 8.78 Å². The molecule has 2 aliphatic heterocycles. The Labute approximate surface area is 181 Å². The highest BCUT2D eigenvalue weighted by molar-refractivity contribution is 6.03. The Hall–Kier alpha value is -4.32. The third kappa shape index (κ3) is 3.22. The molecular formula is C26H14F2N4. The first-order chi connectivity index (χ1) is 15.6. The van der Waals surface area contributed by atoms with Crippen LogP contribution < -0.4 is 10.7 Å². The average Bonchev–Trinajstić information content (AvgIpc) is 3.43. The molecule has 6 rings (SSSR count). The number of nitrogens with zero attached hydrogens (tertiary/aromatic N) is 4. The Morgan fingerprint density at radius 3 is 1.25 bits per heavy atom. The lowest BCUT2D eigenvalue weighted by molar-refractivity contribution is 0.627. The van der Waals surface area contributed by atoms with Crippen LogP contribution in [0.3, 0.4) is 0 Å². The van der Waals surface area contributed by atoms with Crippen LogP contribution in [0.2, 0.25) is 0 Å². The Balaban J connectivity index is 1.41. The minimum atomic E-state index is -0.291. The summed E-state index contributed by atoms with van der Waals surface area (Å²) in [4.78, 5) is 18.4. The Bertz CT molecular complexity index is 1540. The van der Waals surface area contributed by atoms with Gasteiger partial charge < -0.3 is 0 Å². The summed E-state index contributed by atoms with van der Waals surface area (Å²) in [5, 5.41) is 3.52. The molecule has 2 heterocycles. The quantitative estimate of drug-likeness (QED) is 0.452. The van der Waals surface area contributed by atoms with Crippen molar-refractivity contribution in [3.05, 3.63) is 129 Å². The summed E-state index contributed by atoms with van der Waals surface area (Å²) in [7, 11) is 0. The monoisotopic (exact) mass is 420 g/mol. The Morgan fingerprint density at radius 2 is 0.844 bits per heavy atom. The van der Waals surface area contributed by atoms with Gasteiger partial charge in [-0.15, -0.1) is 0 Å². The fourth-order valence-electron chi connectivity index (χ4n) is 3.74. The molecule has 4 nitrogen and oxygen atoms in total. The van der Waals surface area contributed by atoms with Crippen LogP contribution in [0, 0.1) is 22.1 Å². The van der Waals surface area contributed by atoms with Crippen molar-refractivity contribution in [2.75, 3.05) is 0 Å². The van der Waals surface area contributed by atoms with Crippen molar-refractivity contribution in [2.24, 2.45) is 20.0 Å². The SMILES string of the molecule is Fc1ccc(C2=Nc3cc(=c4ccc5c(c4)N=C(c4ccc(F)cc4)N=5)ccc3=N2)cc1. The van der Waals surface area contributed by atoms with Crippen LogP contribution >= 0.6 is 0 Å². The molecule has 0 atom stereocenters. The summed E-state index contributed by atoms with van der Waals surface area (Å²) in [5.74, 6) is 0.554. The molecule has 0 N–H and O–H groups in total. The van der Waals surface area contributed by atoms with E-state index in [0.29, 0.717) is 11.7 Å². The van der Waals surface area contributed by atoms with Crippen LogP contribution in [-0.4, -0.2) is 11.7 Å². The maximum absolute atomic E-state index is 13.2. The molecule has 0 fully saturated rings. The predicted molar refractivity (Wildman–Crippen MR) is 118 cm³/mol. The predicted octanol–water partition coefficient (Wildman–Crippen LogP) is 4.67. The summed E-state index contributed by atoms with van der Waals surface area (Å²) < 4.78 is 26.4. The lowest BCUT2D eigenvalue weighted by Gasteiger charge is -1.96. The number of benzene rings is 4. The molecule has 2 aliphatic rings. The third-order valence-corrected chi connectivity index (χ3v) is 5.39. The second-order valence-corrected chi connectivity index (χ2v) is 7.52. The van der Waals surface area contributed by atoms with Gasteiger partial charge in [0.25, 0.3) is 0 Å². The highest BCUT2D eigenvalue weighted by Gasteiger charge is 2.12. The second-order valence-electron chi connectivity index (χ2n) is 7.52. The zero-order valence-electron chi connectivity index (χ0n) is 16.6. The topological polar surface area (TPSA) is 49.4 Å². The van der Waals surface area contributed by atoms with Gasteiger partial charge in [0.15, 0.2) is 11.7 Å². The van der Waals surface area contributed by atoms with E-state index < -0.39 is 0 Å². The minimum absolute atomic E-state index is 0.291. The average molecular weight is 420 g/mol. The molecule has 6 heteroatoms. The number of aliphatic imine (C=N–C) groups is 2. The molecule has 0 saturated carbocycles. The van der Waals surface area contributed by atoms with Gasteiger partial charge in [-0.05, 0) is 83.2 Å². The van der Waals surface area contributed by atoms with E-state index in [1.807, 2.05) is 36.4 Å². The van der Waals surface area contributed by atoms with Gasteiger partial charge in [0, 0.05) is 11.1 Å². The molecule has 0 spiro atoms. The summed E-state index contributed by atoms with van der Waals surface area (Å²) in [5.41, 5.74) is 3.07. The normalized spacial score (nSPS) is 14.7. The molecule has 0 bridgehead atoms. The first-order valence-electron chi connectivity index (χ1n) is 10.0. The van der Waals surface area contributed by atoms with Gasteiger partial charge in [0.1, 0.15) is 11.6 Å². The summed E-state index contributed by atoms with van der Waals surface area (Å²) in [6.07, 6.45) is 0. The summed E-state index contributed by atoms with van der Waals surface area (Å²) in [6, 6.07) is 24.1. The van der Waals surface area contributed by atoms with Gasteiger partial charge in [0.05, 0.1) is 22.1 Å². The molecule has 0 amide bonds. The number of amidine groups is 2. The molecule has 4 aromatic carbocycles. The van der Waals surface area contributed by atoms with Crippen LogP contribution in [0.4, 0.5) is 20.2 Å².